The van der Waals surface area contributed by atoms with Crippen LogP contribution in [0.25, 0.3) is 0 Å². The number of hydrogen-bond donors (Lipinski definition) is 1. The van der Waals surface area contributed by atoms with Crippen molar-refractivity contribution >= 4 is 50.1 Å². The number of amides is 1. The van der Waals surface area contributed by atoms with Crippen LogP contribution in [0.4, 0.5) is 5.00 Å². The zero-order chi connectivity index (χ0) is 20.8. The summed E-state index contributed by atoms with van der Waals surface area (Å²) in [5.41, 5.74) is 0.811. The number of benzene rings is 1. The summed E-state index contributed by atoms with van der Waals surface area (Å²) in [7, 11) is 1.46. The third-order valence-corrected chi connectivity index (χ3v) is 5.40. The smallest absolute Gasteiger partial charge is 0.348 e. The lowest BCUT2D eigenvalue weighted by Crippen LogP contribution is -2.15. The molecule has 9 heteroatoms. The second-order valence-corrected chi connectivity index (χ2v) is 7.44. The molecule has 7 nitrogen and oxygen atoms in total. The molecule has 2 aromatic rings. The first-order valence-corrected chi connectivity index (χ1v) is 10.1. The topological polar surface area (TPSA) is 90.9 Å². The third-order valence-electron chi connectivity index (χ3n) is 3.72. The van der Waals surface area contributed by atoms with Crippen molar-refractivity contribution in [1.82, 2.24) is 0 Å². The predicted octanol–water partition coefficient (Wildman–Crippen LogP) is 4.43. The molecule has 1 N–H and O–H groups in total. The highest BCUT2D eigenvalue weighted by Gasteiger charge is 2.28. The lowest BCUT2D eigenvalue weighted by Gasteiger charge is -2.10. The number of anilines is 1. The molecule has 0 aliphatic carbocycles. The van der Waals surface area contributed by atoms with Crippen LogP contribution in [0, 0.1) is 6.92 Å². The number of rotatable bonds is 7. The average molecular weight is 470 g/mol. The summed E-state index contributed by atoms with van der Waals surface area (Å²) in [5, 5.41) is 2.91. The van der Waals surface area contributed by atoms with Crippen LogP contribution in [0.3, 0.4) is 0 Å². The second kappa shape index (κ2) is 9.70. The van der Waals surface area contributed by atoms with E-state index >= 15 is 0 Å². The quantitative estimate of drug-likeness (QED) is 0.602. The molecule has 1 amide bonds. The number of methoxy groups -OCH3 is 1. The van der Waals surface area contributed by atoms with Crippen LogP contribution in [0.15, 0.2) is 22.7 Å². The molecule has 1 heterocycles. The highest BCUT2D eigenvalue weighted by atomic mass is 79.9. The fourth-order valence-electron chi connectivity index (χ4n) is 2.47. The van der Waals surface area contributed by atoms with Crippen molar-refractivity contribution in [2.45, 2.75) is 20.8 Å². The molecular weight excluding hydrogens is 450 g/mol. The van der Waals surface area contributed by atoms with E-state index in [-0.39, 0.29) is 34.2 Å². The van der Waals surface area contributed by atoms with E-state index in [1.165, 1.54) is 7.11 Å². The maximum absolute atomic E-state index is 12.8. The molecule has 0 bridgehead atoms. The Morgan fingerprint density at radius 3 is 2.36 bits per heavy atom. The van der Waals surface area contributed by atoms with E-state index in [0.29, 0.717) is 15.8 Å². The summed E-state index contributed by atoms with van der Waals surface area (Å²) in [6.07, 6.45) is 0. The molecule has 0 atom stereocenters. The zero-order valence-electron chi connectivity index (χ0n) is 15.9. The van der Waals surface area contributed by atoms with Gasteiger partial charge >= 0.3 is 11.9 Å². The van der Waals surface area contributed by atoms with Gasteiger partial charge in [0, 0.05) is 4.47 Å². The van der Waals surface area contributed by atoms with Crippen molar-refractivity contribution in [2.75, 3.05) is 25.6 Å². The average Bonchev–Trinajstić information content (AvgIpc) is 2.98. The van der Waals surface area contributed by atoms with Crippen molar-refractivity contribution in [3.63, 3.8) is 0 Å². The fraction of sp³-hybridized carbons (Fsp3) is 0.316. The second-order valence-electron chi connectivity index (χ2n) is 5.50. The summed E-state index contributed by atoms with van der Waals surface area (Å²) < 4.78 is 16.0. The molecule has 0 radical (unpaired) electrons. The minimum Gasteiger partial charge on any atom is -0.496 e. The molecule has 0 unspecified atom stereocenters. The Kier molecular flexibility index (Phi) is 7.59. The van der Waals surface area contributed by atoms with Gasteiger partial charge in [0.1, 0.15) is 15.6 Å². The van der Waals surface area contributed by atoms with Crippen LogP contribution in [-0.4, -0.2) is 38.2 Å². The molecular formula is C19H20BrNO6S. The molecule has 1 aromatic heterocycles. The van der Waals surface area contributed by atoms with Gasteiger partial charge in [-0.3, -0.25) is 4.79 Å². The molecule has 0 saturated heterocycles. The van der Waals surface area contributed by atoms with Crippen LogP contribution >= 0.6 is 27.3 Å². The summed E-state index contributed by atoms with van der Waals surface area (Å²) in [6.45, 7) is 5.34. The number of thiophene rings is 1. The Labute approximate surface area is 175 Å². The maximum atomic E-state index is 12.8. The number of ether oxygens (including phenoxy) is 3. The number of esters is 2. The first-order chi connectivity index (χ1) is 13.3. The number of carbonyl (C=O) groups is 3. The summed E-state index contributed by atoms with van der Waals surface area (Å²) in [6, 6.07) is 4.99. The van der Waals surface area contributed by atoms with Gasteiger partial charge in [-0.2, -0.15) is 0 Å². The van der Waals surface area contributed by atoms with Crippen LogP contribution in [0.2, 0.25) is 0 Å². The Morgan fingerprint density at radius 1 is 1.11 bits per heavy atom. The normalized spacial score (nSPS) is 10.3. The van der Waals surface area contributed by atoms with Gasteiger partial charge in [0.25, 0.3) is 5.91 Å². The fourth-order valence-corrected chi connectivity index (χ4v) is 3.91. The molecule has 0 aliphatic rings. The van der Waals surface area contributed by atoms with Crippen molar-refractivity contribution < 1.29 is 28.6 Å². The van der Waals surface area contributed by atoms with Gasteiger partial charge in [-0.25, -0.2) is 9.59 Å². The van der Waals surface area contributed by atoms with E-state index in [1.54, 1.807) is 39.0 Å². The molecule has 2 rings (SSSR count). The molecule has 0 saturated carbocycles. The van der Waals surface area contributed by atoms with Gasteiger partial charge in [0.05, 0.1) is 31.5 Å². The van der Waals surface area contributed by atoms with E-state index in [0.717, 1.165) is 11.3 Å². The van der Waals surface area contributed by atoms with E-state index in [9.17, 15) is 14.4 Å². The van der Waals surface area contributed by atoms with Gasteiger partial charge in [-0.15, -0.1) is 11.3 Å². The largest absolute Gasteiger partial charge is 0.496 e. The maximum Gasteiger partial charge on any atom is 0.348 e. The first kappa shape index (κ1) is 21.9. The number of halogens is 1. The monoisotopic (exact) mass is 469 g/mol. The number of carbonyl (C=O) groups excluding carboxylic acids is 3. The number of nitrogens with one attached hydrogen (secondary N) is 1. The summed E-state index contributed by atoms with van der Waals surface area (Å²) in [4.78, 5) is 37.7. The van der Waals surface area contributed by atoms with Crippen molar-refractivity contribution in [3.8, 4) is 5.75 Å². The SMILES string of the molecule is CCOC(=O)c1sc(NC(=O)c2cc(Br)ccc2OC)c(C(=O)OCC)c1C. The van der Waals surface area contributed by atoms with Crippen LogP contribution in [-0.2, 0) is 9.47 Å². The van der Waals surface area contributed by atoms with Crippen LogP contribution in [0.1, 0.15) is 49.8 Å². The van der Waals surface area contributed by atoms with Crippen molar-refractivity contribution in [1.29, 1.82) is 0 Å². The Bertz CT molecular complexity index is 908. The summed E-state index contributed by atoms with van der Waals surface area (Å²) >= 11 is 4.29. The Hall–Kier alpha value is -2.39. The lowest BCUT2D eigenvalue weighted by atomic mass is 10.1. The highest BCUT2D eigenvalue weighted by molar-refractivity contribution is 9.10. The first-order valence-electron chi connectivity index (χ1n) is 8.46. The predicted molar refractivity (Wildman–Crippen MR) is 110 cm³/mol. The third kappa shape index (κ3) is 4.71. The lowest BCUT2D eigenvalue weighted by molar-refractivity contribution is 0.0527. The van der Waals surface area contributed by atoms with Crippen LogP contribution < -0.4 is 10.1 Å². The molecule has 28 heavy (non-hydrogen) atoms. The van der Waals surface area contributed by atoms with Gasteiger partial charge in [-0.1, -0.05) is 15.9 Å². The number of hydrogen-bond acceptors (Lipinski definition) is 7. The minimum absolute atomic E-state index is 0.136. The van der Waals surface area contributed by atoms with E-state index in [2.05, 4.69) is 21.2 Å². The van der Waals surface area contributed by atoms with Gasteiger partial charge in [0.15, 0.2) is 0 Å². The Balaban J connectivity index is 2.47. The standard InChI is InChI=1S/C19H20BrNO6S/c1-5-26-18(23)14-10(3)15(19(24)27-6-2)28-17(14)21-16(22)12-9-11(20)7-8-13(12)25-4/h7-9H,5-6H2,1-4H3,(H,21,22). The van der Waals surface area contributed by atoms with Gasteiger partial charge < -0.3 is 19.5 Å². The van der Waals surface area contributed by atoms with E-state index < -0.39 is 17.8 Å². The molecule has 0 spiro atoms. The van der Waals surface area contributed by atoms with Crippen LogP contribution in [0.5, 0.6) is 5.75 Å². The molecule has 1 aromatic carbocycles. The Morgan fingerprint density at radius 2 is 1.75 bits per heavy atom. The van der Waals surface area contributed by atoms with Gasteiger partial charge in [-0.05, 0) is 44.5 Å². The van der Waals surface area contributed by atoms with E-state index in [4.69, 9.17) is 14.2 Å². The molecule has 0 aliphatic heterocycles. The zero-order valence-corrected chi connectivity index (χ0v) is 18.3. The van der Waals surface area contributed by atoms with Crippen molar-refractivity contribution in [2.24, 2.45) is 0 Å². The molecule has 0 fully saturated rings. The van der Waals surface area contributed by atoms with E-state index in [1.807, 2.05) is 0 Å². The minimum atomic E-state index is -0.622. The van der Waals surface area contributed by atoms with Crippen molar-refractivity contribution in [3.05, 3.63) is 44.2 Å². The summed E-state index contributed by atoms with van der Waals surface area (Å²) in [5.74, 6) is -1.29. The van der Waals surface area contributed by atoms with Gasteiger partial charge in [0.2, 0.25) is 0 Å². The molecule has 150 valence electrons. The highest BCUT2D eigenvalue weighted by Crippen LogP contribution is 2.35.